The molecule has 2 atom stereocenters. The predicted molar refractivity (Wildman–Crippen MR) is 50.6 cm³/mol. The van der Waals surface area contributed by atoms with Crippen LogP contribution in [0.1, 0.15) is 27.7 Å². The van der Waals surface area contributed by atoms with Crippen molar-refractivity contribution in [2.45, 2.75) is 39.1 Å². The van der Waals surface area contributed by atoms with Gasteiger partial charge in [-0.3, -0.25) is 4.79 Å². The summed E-state index contributed by atoms with van der Waals surface area (Å²) in [7, 11) is -2.01. The van der Waals surface area contributed by atoms with Crippen molar-refractivity contribution in [1.82, 2.24) is 4.90 Å². The third kappa shape index (κ3) is 2.82. The quantitative estimate of drug-likeness (QED) is 0.643. The van der Waals surface area contributed by atoms with Gasteiger partial charge in [0.1, 0.15) is 0 Å². The molecule has 4 nitrogen and oxygen atoms in total. The van der Waals surface area contributed by atoms with E-state index in [0.717, 1.165) is 0 Å². The molecule has 0 N–H and O–H groups in total. The maximum absolute atomic E-state index is 11.6. The fraction of sp³-hybridized carbons (Fsp3) is 0.875. The van der Waals surface area contributed by atoms with E-state index in [-0.39, 0.29) is 5.91 Å². The van der Waals surface area contributed by atoms with Crippen molar-refractivity contribution in [1.29, 1.82) is 0 Å². The van der Waals surface area contributed by atoms with Crippen LogP contribution < -0.4 is 4.89 Å². The molecule has 13 heavy (non-hydrogen) atoms. The van der Waals surface area contributed by atoms with Gasteiger partial charge in [-0.1, -0.05) is 13.8 Å². The minimum absolute atomic E-state index is 0.232. The lowest BCUT2D eigenvalue weighted by molar-refractivity contribution is -0.182. The Kier molecular flexibility index (Phi) is 4.14. The van der Waals surface area contributed by atoms with Crippen LogP contribution in [0, 0.1) is 0 Å². The maximum atomic E-state index is 11.6. The van der Waals surface area contributed by atoms with Crippen LogP contribution >= 0.6 is 7.37 Å². The minimum atomic E-state index is -3.51. The van der Waals surface area contributed by atoms with Crippen molar-refractivity contribution in [3.8, 4) is 0 Å². The van der Waals surface area contributed by atoms with Crippen LogP contribution in [0.2, 0.25) is 0 Å². The standard InChI is InChI=1S/C8H18NO3P/c1-6(2)13(11,12)8(4)9(5)7(3)10/h6,8H,1-5H3,(H,11,12)/p-1. The first-order valence-electron chi connectivity index (χ1n) is 4.25. The number of hydrogen-bond donors (Lipinski definition) is 0. The van der Waals surface area contributed by atoms with Crippen LogP contribution in [0.25, 0.3) is 0 Å². The first kappa shape index (κ1) is 12.7. The summed E-state index contributed by atoms with van der Waals surface area (Å²) in [5.74, 6) is -0.950. The fourth-order valence-electron chi connectivity index (χ4n) is 0.936. The van der Waals surface area contributed by atoms with Gasteiger partial charge in [-0.25, -0.2) is 0 Å². The number of amides is 1. The summed E-state index contributed by atoms with van der Waals surface area (Å²) in [4.78, 5) is 23.8. The van der Waals surface area contributed by atoms with Crippen molar-refractivity contribution in [2.75, 3.05) is 7.05 Å². The zero-order chi connectivity index (χ0) is 10.8. The highest BCUT2D eigenvalue weighted by Gasteiger charge is 2.25. The van der Waals surface area contributed by atoms with Crippen LogP contribution in [-0.2, 0) is 9.36 Å². The summed E-state index contributed by atoms with van der Waals surface area (Å²) in [6, 6.07) is 0. The van der Waals surface area contributed by atoms with E-state index < -0.39 is 18.8 Å². The average Bonchev–Trinajstić information content (AvgIpc) is 2.01. The van der Waals surface area contributed by atoms with Gasteiger partial charge in [0.15, 0.2) is 0 Å². The van der Waals surface area contributed by atoms with Gasteiger partial charge in [-0.15, -0.1) is 0 Å². The lowest BCUT2D eigenvalue weighted by Gasteiger charge is -2.38. The molecular weight excluding hydrogens is 189 g/mol. The monoisotopic (exact) mass is 206 g/mol. The molecule has 0 saturated heterocycles. The van der Waals surface area contributed by atoms with Gasteiger partial charge >= 0.3 is 0 Å². The summed E-state index contributed by atoms with van der Waals surface area (Å²) in [6.07, 6.45) is 0. The molecule has 0 fully saturated rings. The largest absolute Gasteiger partial charge is 0.798 e. The summed E-state index contributed by atoms with van der Waals surface area (Å²) < 4.78 is 11.6. The zero-order valence-corrected chi connectivity index (χ0v) is 9.67. The Morgan fingerprint density at radius 2 is 1.77 bits per heavy atom. The molecule has 0 spiro atoms. The Bertz CT molecular complexity index is 240. The molecule has 0 aliphatic rings. The van der Waals surface area contributed by atoms with Crippen LogP contribution in [0.15, 0.2) is 0 Å². The Balaban J connectivity index is 4.69. The van der Waals surface area contributed by atoms with Gasteiger partial charge in [0.05, 0.1) is 5.78 Å². The Morgan fingerprint density at radius 3 is 2.00 bits per heavy atom. The molecular formula is C8H17NO3P-. The third-order valence-electron chi connectivity index (χ3n) is 2.30. The molecule has 0 heterocycles. The van der Waals surface area contributed by atoms with Crippen LogP contribution in [0.4, 0.5) is 0 Å². The molecule has 5 heteroatoms. The van der Waals surface area contributed by atoms with Gasteiger partial charge in [-0.2, -0.15) is 0 Å². The lowest BCUT2D eigenvalue weighted by Crippen LogP contribution is -2.38. The summed E-state index contributed by atoms with van der Waals surface area (Å²) in [6.45, 7) is 6.14. The van der Waals surface area contributed by atoms with Gasteiger partial charge in [0, 0.05) is 21.3 Å². The first-order valence-corrected chi connectivity index (χ1v) is 6.01. The second-order valence-corrected chi connectivity index (χ2v) is 6.57. The van der Waals surface area contributed by atoms with Crippen molar-refractivity contribution in [3.63, 3.8) is 0 Å². The normalized spacial score (nSPS) is 18.1. The predicted octanol–water partition coefficient (Wildman–Crippen LogP) is 0.857. The number of rotatable bonds is 3. The van der Waals surface area contributed by atoms with E-state index >= 15 is 0 Å². The van der Waals surface area contributed by atoms with Crippen molar-refractivity contribution < 1.29 is 14.3 Å². The van der Waals surface area contributed by atoms with Gasteiger partial charge in [0.25, 0.3) is 0 Å². The molecule has 0 aromatic rings. The fourth-order valence-corrected chi connectivity index (χ4v) is 2.44. The number of carbonyl (C=O) groups is 1. The highest BCUT2D eigenvalue weighted by atomic mass is 31.2. The molecule has 0 rings (SSSR count). The summed E-state index contributed by atoms with van der Waals surface area (Å²) >= 11 is 0. The van der Waals surface area contributed by atoms with E-state index in [1.54, 1.807) is 13.8 Å². The van der Waals surface area contributed by atoms with Gasteiger partial charge in [-0.05, 0) is 12.6 Å². The van der Waals surface area contributed by atoms with Crippen molar-refractivity contribution >= 4 is 13.3 Å². The third-order valence-corrected chi connectivity index (χ3v) is 5.13. The molecule has 78 valence electrons. The Morgan fingerprint density at radius 1 is 1.38 bits per heavy atom. The Hall–Kier alpha value is -0.340. The average molecular weight is 206 g/mol. The number of carbonyl (C=O) groups excluding carboxylic acids is 1. The van der Waals surface area contributed by atoms with Crippen LogP contribution in [0.3, 0.4) is 0 Å². The smallest absolute Gasteiger partial charge is 0.219 e. The molecule has 0 aliphatic carbocycles. The second-order valence-electron chi connectivity index (χ2n) is 3.50. The van der Waals surface area contributed by atoms with E-state index in [9.17, 15) is 14.3 Å². The molecule has 1 amide bonds. The SMILES string of the molecule is CC(=O)N(C)C(C)P(=O)([O-])C(C)C. The maximum Gasteiger partial charge on any atom is 0.219 e. The molecule has 0 aromatic heterocycles. The molecule has 2 unspecified atom stereocenters. The van der Waals surface area contributed by atoms with E-state index in [2.05, 4.69) is 0 Å². The summed E-state index contributed by atoms with van der Waals surface area (Å²) in [5.41, 5.74) is -0.427. The van der Waals surface area contributed by atoms with Gasteiger partial charge in [0.2, 0.25) is 5.91 Å². The molecule has 0 aliphatic heterocycles. The molecule has 0 radical (unpaired) electrons. The van der Waals surface area contributed by atoms with Crippen molar-refractivity contribution in [2.24, 2.45) is 0 Å². The topological polar surface area (TPSA) is 60.4 Å². The van der Waals surface area contributed by atoms with E-state index in [1.807, 2.05) is 0 Å². The van der Waals surface area contributed by atoms with Crippen LogP contribution in [-0.4, -0.2) is 29.3 Å². The van der Waals surface area contributed by atoms with Crippen LogP contribution in [0.5, 0.6) is 0 Å². The second kappa shape index (κ2) is 4.25. The van der Waals surface area contributed by atoms with E-state index in [4.69, 9.17) is 0 Å². The Labute approximate surface area is 79.4 Å². The highest BCUT2D eigenvalue weighted by Crippen LogP contribution is 2.47. The lowest BCUT2D eigenvalue weighted by atomic mass is 10.5. The van der Waals surface area contributed by atoms with E-state index in [0.29, 0.717) is 0 Å². The minimum Gasteiger partial charge on any atom is -0.798 e. The van der Waals surface area contributed by atoms with E-state index in [1.165, 1.54) is 25.8 Å². The number of nitrogens with zero attached hydrogens (tertiary/aromatic N) is 1. The molecule has 0 bridgehead atoms. The molecule has 0 aromatic carbocycles. The number of hydrogen-bond acceptors (Lipinski definition) is 3. The zero-order valence-electron chi connectivity index (χ0n) is 8.77. The van der Waals surface area contributed by atoms with Crippen molar-refractivity contribution in [3.05, 3.63) is 0 Å². The van der Waals surface area contributed by atoms with Gasteiger partial charge < -0.3 is 14.4 Å². The highest BCUT2D eigenvalue weighted by molar-refractivity contribution is 7.58. The summed E-state index contributed by atoms with van der Waals surface area (Å²) in [5, 5.41) is 0. The molecule has 0 saturated carbocycles. The first-order chi connectivity index (χ1) is 5.71.